The van der Waals surface area contributed by atoms with Gasteiger partial charge in [0.2, 0.25) is 10.0 Å². The van der Waals surface area contributed by atoms with Gasteiger partial charge in [0.1, 0.15) is 0 Å². The summed E-state index contributed by atoms with van der Waals surface area (Å²) in [6.45, 7) is 1.08. The SMILES string of the molecule is COCCC1(CNS(=O)(=O)CCCC(=O)O)CC1. The van der Waals surface area contributed by atoms with Gasteiger partial charge in [0.15, 0.2) is 0 Å². The van der Waals surface area contributed by atoms with Crippen molar-refractivity contribution in [3.63, 3.8) is 0 Å². The van der Waals surface area contributed by atoms with Crippen LogP contribution in [0.15, 0.2) is 0 Å². The Labute approximate surface area is 108 Å². The Balaban J connectivity index is 2.26. The van der Waals surface area contributed by atoms with Gasteiger partial charge >= 0.3 is 5.97 Å². The van der Waals surface area contributed by atoms with E-state index in [1.54, 1.807) is 7.11 Å². The number of carbonyl (C=O) groups is 1. The molecule has 18 heavy (non-hydrogen) atoms. The van der Waals surface area contributed by atoms with Crippen molar-refractivity contribution >= 4 is 16.0 Å². The molecule has 0 aromatic carbocycles. The Hall–Kier alpha value is -0.660. The van der Waals surface area contributed by atoms with Crippen LogP contribution in [0.2, 0.25) is 0 Å². The first-order valence-corrected chi connectivity index (χ1v) is 7.72. The van der Waals surface area contributed by atoms with Gasteiger partial charge in [0.25, 0.3) is 0 Å². The summed E-state index contributed by atoms with van der Waals surface area (Å²) in [6, 6.07) is 0. The number of sulfonamides is 1. The fraction of sp³-hybridized carbons (Fsp3) is 0.909. The molecule has 1 saturated carbocycles. The molecule has 1 rings (SSSR count). The van der Waals surface area contributed by atoms with E-state index in [4.69, 9.17) is 9.84 Å². The van der Waals surface area contributed by atoms with Gasteiger partial charge in [-0.2, -0.15) is 0 Å². The minimum Gasteiger partial charge on any atom is -0.481 e. The van der Waals surface area contributed by atoms with Gasteiger partial charge in [0.05, 0.1) is 5.75 Å². The number of hydrogen-bond donors (Lipinski definition) is 2. The Morgan fingerprint density at radius 2 is 2.11 bits per heavy atom. The minimum absolute atomic E-state index is 0.0654. The van der Waals surface area contributed by atoms with E-state index < -0.39 is 16.0 Å². The Morgan fingerprint density at radius 1 is 1.44 bits per heavy atom. The first-order valence-electron chi connectivity index (χ1n) is 6.07. The second-order valence-corrected chi connectivity index (χ2v) is 6.81. The van der Waals surface area contributed by atoms with Crippen molar-refractivity contribution in [2.75, 3.05) is 26.0 Å². The van der Waals surface area contributed by atoms with Crippen molar-refractivity contribution in [1.29, 1.82) is 0 Å². The van der Waals surface area contributed by atoms with E-state index >= 15 is 0 Å². The smallest absolute Gasteiger partial charge is 0.303 e. The lowest BCUT2D eigenvalue weighted by Gasteiger charge is -2.15. The molecule has 7 heteroatoms. The molecular formula is C11H21NO5S. The zero-order valence-electron chi connectivity index (χ0n) is 10.6. The summed E-state index contributed by atoms with van der Waals surface area (Å²) in [5.41, 5.74) is 0.0654. The number of carboxylic acid groups (broad SMARTS) is 1. The lowest BCUT2D eigenvalue weighted by atomic mass is 10.0. The van der Waals surface area contributed by atoms with Crippen molar-refractivity contribution in [1.82, 2.24) is 4.72 Å². The normalized spacial score (nSPS) is 17.6. The molecule has 6 nitrogen and oxygen atoms in total. The van der Waals surface area contributed by atoms with Crippen LogP contribution in [0.1, 0.15) is 32.1 Å². The number of ether oxygens (including phenoxy) is 1. The predicted molar refractivity (Wildman–Crippen MR) is 66.8 cm³/mol. The molecule has 1 aliphatic rings. The number of aliphatic carboxylic acids is 1. The molecule has 1 fully saturated rings. The summed E-state index contributed by atoms with van der Waals surface area (Å²) in [6.07, 6.45) is 2.94. The molecule has 0 aromatic heterocycles. The van der Waals surface area contributed by atoms with Crippen LogP contribution in [0.25, 0.3) is 0 Å². The third-order valence-electron chi connectivity index (χ3n) is 3.26. The molecule has 0 heterocycles. The fourth-order valence-electron chi connectivity index (χ4n) is 1.76. The number of hydrogen-bond acceptors (Lipinski definition) is 4. The van der Waals surface area contributed by atoms with Gasteiger partial charge in [-0.1, -0.05) is 0 Å². The number of methoxy groups -OCH3 is 1. The van der Waals surface area contributed by atoms with Crippen LogP contribution >= 0.6 is 0 Å². The Morgan fingerprint density at radius 3 is 2.61 bits per heavy atom. The van der Waals surface area contributed by atoms with Crippen LogP contribution in [-0.4, -0.2) is 45.5 Å². The summed E-state index contributed by atoms with van der Waals surface area (Å²) >= 11 is 0. The number of rotatable bonds is 10. The van der Waals surface area contributed by atoms with Crippen molar-refractivity contribution in [2.24, 2.45) is 5.41 Å². The molecule has 106 valence electrons. The highest BCUT2D eigenvalue weighted by atomic mass is 32.2. The molecule has 0 bridgehead atoms. The molecule has 0 radical (unpaired) electrons. The maximum Gasteiger partial charge on any atom is 0.303 e. The first-order chi connectivity index (χ1) is 8.39. The van der Waals surface area contributed by atoms with Gasteiger partial charge < -0.3 is 9.84 Å². The summed E-state index contributed by atoms with van der Waals surface area (Å²) < 4.78 is 30.8. The molecular weight excluding hydrogens is 258 g/mol. The molecule has 0 aromatic rings. The Kier molecular flexibility index (Phi) is 5.55. The van der Waals surface area contributed by atoms with Gasteiger partial charge in [-0.3, -0.25) is 4.79 Å². The Bertz CT molecular complexity index is 375. The topological polar surface area (TPSA) is 92.7 Å². The lowest BCUT2D eigenvalue weighted by Crippen LogP contribution is -2.32. The highest BCUT2D eigenvalue weighted by Gasteiger charge is 2.42. The zero-order chi connectivity index (χ0) is 13.6. The second-order valence-electron chi connectivity index (χ2n) is 4.88. The van der Waals surface area contributed by atoms with Gasteiger partial charge in [0, 0.05) is 26.7 Å². The van der Waals surface area contributed by atoms with Crippen LogP contribution in [0.4, 0.5) is 0 Å². The maximum atomic E-state index is 11.6. The summed E-state index contributed by atoms with van der Waals surface area (Å²) in [7, 11) is -1.72. The van der Waals surface area contributed by atoms with Crippen LogP contribution < -0.4 is 4.72 Å². The quantitative estimate of drug-likeness (QED) is 0.610. The largest absolute Gasteiger partial charge is 0.481 e. The van der Waals surface area contributed by atoms with E-state index in [0.29, 0.717) is 13.2 Å². The number of carboxylic acids is 1. The third-order valence-corrected chi connectivity index (χ3v) is 4.67. The lowest BCUT2D eigenvalue weighted by molar-refractivity contribution is -0.137. The fourth-order valence-corrected chi connectivity index (χ4v) is 2.95. The van der Waals surface area contributed by atoms with Gasteiger partial charge in [-0.05, 0) is 31.1 Å². The van der Waals surface area contributed by atoms with Crippen molar-refractivity contribution in [2.45, 2.75) is 32.1 Å². The second kappa shape index (κ2) is 6.49. The van der Waals surface area contributed by atoms with Gasteiger partial charge in [-0.15, -0.1) is 0 Å². The minimum atomic E-state index is -3.35. The van der Waals surface area contributed by atoms with E-state index in [1.165, 1.54) is 0 Å². The summed E-state index contributed by atoms with van der Waals surface area (Å²) in [5, 5.41) is 8.45. The molecule has 2 N–H and O–H groups in total. The van der Waals surface area contributed by atoms with Gasteiger partial charge in [-0.25, -0.2) is 13.1 Å². The monoisotopic (exact) mass is 279 g/mol. The highest BCUT2D eigenvalue weighted by molar-refractivity contribution is 7.89. The van der Waals surface area contributed by atoms with Crippen molar-refractivity contribution in [3.8, 4) is 0 Å². The first kappa shape index (κ1) is 15.4. The van der Waals surface area contributed by atoms with Crippen molar-refractivity contribution in [3.05, 3.63) is 0 Å². The molecule has 0 unspecified atom stereocenters. The summed E-state index contributed by atoms with van der Waals surface area (Å²) in [5.74, 6) is -1.09. The van der Waals surface area contributed by atoms with Crippen LogP contribution in [-0.2, 0) is 19.6 Å². The van der Waals surface area contributed by atoms with E-state index in [1.807, 2.05) is 0 Å². The van der Waals surface area contributed by atoms with Crippen LogP contribution in [0, 0.1) is 5.41 Å². The van der Waals surface area contributed by atoms with E-state index in [0.717, 1.165) is 19.3 Å². The number of nitrogens with one attached hydrogen (secondary N) is 1. The molecule has 0 amide bonds. The predicted octanol–water partition coefficient (Wildman–Crippen LogP) is 0.587. The molecule has 1 aliphatic carbocycles. The standard InChI is InChI=1S/C11H21NO5S/c1-17-7-6-11(4-5-11)9-12-18(15,16)8-2-3-10(13)14/h12H,2-9H2,1H3,(H,13,14). The van der Waals surface area contributed by atoms with E-state index in [-0.39, 0.29) is 24.0 Å². The third kappa shape index (κ3) is 5.79. The van der Waals surface area contributed by atoms with Crippen LogP contribution in [0.5, 0.6) is 0 Å². The maximum absolute atomic E-state index is 11.6. The van der Waals surface area contributed by atoms with E-state index in [9.17, 15) is 13.2 Å². The van der Waals surface area contributed by atoms with Crippen LogP contribution in [0.3, 0.4) is 0 Å². The molecule has 0 spiro atoms. The molecule has 0 aliphatic heterocycles. The average molecular weight is 279 g/mol. The zero-order valence-corrected chi connectivity index (χ0v) is 11.5. The van der Waals surface area contributed by atoms with Crippen molar-refractivity contribution < 1.29 is 23.1 Å². The summed E-state index contributed by atoms with van der Waals surface area (Å²) in [4.78, 5) is 10.3. The molecule has 0 saturated heterocycles. The highest BCUT2D eigenvalue weighted by Crippen LogP contribution is 2.48. The average Bonchev–Trinajstić information content (AvgIpc) is 3.04. The molecule has 0 atom stereocenters. The van der Waals surface area contributed by atoms with E-state index in [2.05, 4.69) is 4.72 Å².